The van der Waals surface area contributed by atoms with E-state index in [2.05, 4.69) is 20.4 Å². The van der Waals surface area contributed by atoms with Crippen LogP contribution >= 0.6 is 0 Å². The van der Waals surface area contributed by atoms with Crippen LogP contribution in [0, 0.1) is 0 Å². The number of ether oxygens (including phenoxy) is 2. The molecule has 3 aromatic heterocycles. The van der Waals surface area contributed by atoms with E-state index in [0.29, 0.717) is 11.6 Å². The number of carbonyl (C=O) groups excluding carboxylic acids is 1. The van der Waals surface area contributed by atoms with Crippen LogP contribution in [-0.2, 0) is 18.0 Å². The van der Waals surface area contributed by atoms with Crippen LogP contribution in [0.4, 0.5) is 13.2 Å². The van der Waals surface area contributed by atoms with E-state index in [0.717, 1.165) is 24.5 Å². The summed E-state index contributed by atoms with van der Waals surface area (Å²) in [6, 6.07) is 3.86. The molecule has 1 atom stereocenters. The maximum absolute atomic E-state index is 13.8. The number of fused-ring (bicyclic) bond motifs is 1. The van der Waals surface area contributed by atoms with Crippen LogP contribution in [0.1, 0.15) is 48.5 Å². The summed E-state index contributed by atoms with van der Waals surface area (Å²) in [5, 5.41) is 6.96. The molecule has 32 heavy (non-hydrogen) atoms. The number of carbonyl (C=O) groups is 1. The molecule has 3 heterocycles. The van der Waals surface area contributed by atoms with Crippen molar-refractivity contribution < 1.29 is 27.4 Å². The van der Waals surface area contributed by atoms with Gasteiger partial charge in [0.1, 0.15) is 0 Å². The van der Waals surface area contributed by atoms with E-state index in [1.807, 2.05) is 0 Å². The van der Waals surface area contributed by atoms with Crippen LogP contribution in [0.2, 0.25) is 0 Å². The van der Waals surface area contributed by atoms with Gasteiger partial charge in [-0.15, -0.1) is 0 Å². The minimum Gasteiger partial charge on any atom is -0.481 e. The topological polar surface area (TPSA) is 91.2 Å². The van der Waals surface area contributed by atoms with Gasteiger partial charge in [-0.05, 0) is 25.3 Å². The van der Waals surface area contributed by atoms with Gasteiger partial charge in [0.05, 0.1) is 29.8 Å². The Labute approximate surface area is 181 Å². The van der Waals surface area contributed by atoms with Crippen LogP contribution in [-0.4, -0.2) is 39.4 Å². The molecule has 170 valence electrons. The highest BCUT2D eigenvalue weighted by Crippen LogP contribution is 2.46. The highest BCUT2D eigenvalue weighted by atomic mass is 19.4. The van der Waals surface area contributed by atoms with Gasteiger partial charge >= 0.3 is 6.18 Å². The molecule has 1 amide bonds. The maximum Gasteiger partial charge on any atom is 0.417 e. The minimum absolute atomic E-state index is 0.0000653. The Balaban J connectivity index is 1.50. The van der Waals surface area contributed by atoms with Gasteiger partial charge in [-0.1, -0.05) is 6.07 Å². The van der Waals surface area contributed by atoms with Crippen LogP contribution < -0.4 is 14.8 Å². The third-order valence-corrected chi connectivity index (χ3v) is 5.26. The molecule has 0 aliphatic heterocycles. The average Bonchev–Trinajstić information content (AvgIpc) is 3.55. The summed E-state index contributed by atoms with van der Waals surface area (Å²) in [7, 11) is 3.04. The van der Waals surface area contributed by atoms with E-state index < -0.39 is 24.3 Å². The Morgan fingerprint density at radius 3 is 2.66 bits per heavy atom. The van der Waals surface area contributed by atoms with Crippen LogP contribution in [0.25, 0.3) is 11.0 Å². The number of methoxy groups -OCH3 is 1. The number of alkyl halides is 3. The lowest BCUT2D eigenvalue weighted by Gasteiger charge is -2.15. The first-order valence-electron chi connectivity index (χ1n) is 10.0. The molecule has 8 nitrogen and oxygen atoms in total. The fraction of sp³-hybridized carbons (Fsp3) is 0.429. The molecular formula is C21H22F3N5O3. The summed E-state index contributed by atoms with van der Waals surface area (Å²) in [6.07, 6.45) is -1.42. The maximum atomic E-state index is 13.8. The third kappa shape index (κ3) is 4.46. The Bertz CT molecular complexity index is 1140. The van der Waals surface area contributed by atoms with Crippen molar-refractivity contribution in [1.29, 1.82) is 0 Å². The highest BCUT2D eigenvalue weighted by Gasteiger charge is 2.39. The van der Waals surface area contributed by atoms with Crippen molar-refractivity contribution in [1.82, 2.24) is 25.1 Å². The van der Waals surface area contributed by atoms with Crippen molar-refractivity contribution in [2.75, 3.05) is 13.7 Å². The standard InChI is InChI=1S/C21H22F3N5O3/c1-11(13-6-7-16(31-3)25-9-13)26-15(30)10-32-17-8-14(21(22,23)24)18-19(12-4-5-12)28-29(2)20(18)27-17/h6-9,11-12H,4-5,10H2,1-3H3,(H,26,30). The Hall–Kier alpha value is -3.37. The number of halogens is 3. The van der Waals surface area contributed by atoms with Gasteiger partial charge in [-0.25, -0.2) is 4.98 Å². The molecule has 4 rings (SSSR count). The molecule has 1 aliphatic rings. The lowest BCUT2D eigenvalue weighted by Crippen LogP contribution is -2.31. The molecule has 0 aromatic carbocycles. The van der Waals surface area contributed by atoms with Crippen LogP contribution in [0.5, 0.6) is 11.8 Å². The number of hydrogen-bond acceptors (Lipinski definition) is 6. The highest BCUT2D eigenvalue weighted by molar-refractivity contribution is 5.84. The van der Waals surface area contributed by atoms with E-state index in [-0.39, 0.29) is 28.9 Å². The monoisotopic (exact) mass is 449 g/mol. The zero-order valence-corrected chi connectivity index (χ0v) is 17.7. The lowest BCUT2D eigenvalue weighted by molar-refractivity contribution is -0.136. The van der Waals surface area contributed by atoms with Crippen LogP contribution in [0.15, 0.2) is 24.4 Å². The van der Waals surface area contributed by atoms with Crippen molar-refractivity contribution in [3.8, 4) is 11.8 Å². The third-order valence-electron chi connectivity index (χ3n) is 5.26. The smallest absolute Gasteiger partial charge is 0.417 e. The normalized spacial score (nSPS) is 14.9. The fourth-order valence-electron chi connectivity index (χ4n) is 3.47. The zero-order valence-electron chi connectivity index (χ0n) is 17.7. The number of nitrogens with one attached hydrogen (secondary N) is 1. The summed E-state index contributed by atoms with van der Waals surface area (Å²) in [5.41, 5.74) is 0.370. The van der Waals surface area contributed by atoms with E-state index in [1.54, 1.807) is 32.3 Å². The number of aromatic nitrogens is 4. The summed E-state index contributed by atoms with van der Waals surface area (Å²) >= 11 is 0. The average molecular weight is 449 g/mol. The number of aryl methyl sites for hydroxylation is 1. The van der Waals surface area contributed by atoms with Gasteiger partial charge in [0.25, 0.3) is 5.91 Å². The summed E-state index contributed by atoms with van der Waals surface area (Å²) < 4.78 is 53.0. The van der Waals surface area contributed by atoms with Crippen molar-refractivity contribution >= 4 is 16.9 Å². The largest absolute Gasteiger partial charge is 0.481 e. The number of hydrogen-bond donors (Lipinski definition) is 1. The van der Waals surface area contributed by atoms with Gasteiger partial charge in [0, 0.05) is 31.3 Å². The first kappa shape index (κ1) is 21.8. The van der Waals surface area contributed by atoms with Crippen LogP contribution in [0.3, 0.4) is 0 Å². The molecule has 0 spiro atoms. The van der Waals surface area contributed by atoms with Gasteiger partial charge < -0.3 is 14.8 Å². The fourth-order valence-corrected chi connectivity index (χ4v) is 3.47. The SMILES string of the molecule is COc1ccc(C(C)NC(=O)COc2cc(C(F)(F)F)c3c(C4CC4)nn(C)c3n2)cn1. The predicted octanol–water partition coefficient (Wildman–Crippen LogP) is 3.52. The Kier molecular flexibility index (Phi) is 5.66. The molecule has 1 unspecified atom stereocenters. The second-order valence-electron chi connectivity index (χ2n) is 7.70. The van der Waals surface area contributed by atoms with Gasteiger partial charge in [0.15, 0.2) is 12.3 Å². The van der Waals surface area contributed by atoms with E-state index in [1.165, 1.54) is 11.8 Å². The number of nitrogens with zero attached hydrogens (tertiary/aromatic N) is 4. The molecule has 0 radical (unpaired) electrons. The first-order chi connectivity index (χ1) is 15.2. The van der Waals surface area contributed by atoms with E-state index >= 15 is 0 Å². The van der Waals surface area contributed by atoms with E-state index in [9.17, 15) is 18.0 Å². The quantitative estimate of drug-likeness (QED) is 0.594. The summed E-state index contributed by atoms with van der Waals surface area (Å²) in [4.78, 5) is 20.5. The van der Waals surface area contributed by atoms with Crippen molar-refractivity contribution in [2.45, 2.75) is 37.9 Å². The lowest BCUT2D eigenvalue weighted by atomic mass is 10.1. The Morgan fingerprint density at radius 1 is 1.31 bits per heavy atom. The summed E-state index contributed by atoms with van der Waals surface area (Å²) in [6.45, 7) is 1.26. The van der Waals surface area contributed by atoms with Crippen molar-refractivity contribution in [3.05, 3.63) is 41.2 Å². The first-order valence-corrected chi connectivity index (χ1v) is 10.0. The van der Waals surface area contributed by atoms with Gasteiger partial charge in [0.2, 0.25) is 11.8 Å². The van der Waals surface area contributed by atoms with E-state index in [4.69, 9.17) is 9.47 Å². The Morgan fingerprint density at radius 2 is 2.06 bits per heavy atom. The number of amides is 1. The molecule has 1 aliphatic carbocycles. The summed E-state index contributed by atoms with van der Waals surface area (Å²) in [5.74, 6) is -0.331. The number of pyridine rings is 2. The molecule has 0 bridgehead atoms. The molecule has 1 N–H and O–H groups in total. The zero-order chi connectivity index (χ0) is 23.0. The van der Waals surface area contributed by atoms with Crippen molar-refractivity contribution in [3.63, 3.8) is 0 Å². The molecule has 1 fully saturated rings. The molecule has 3 aromatic rings. The number of rotatable bonds is 7. The second-order valence-corrected chi connectivity index (χ2v) is 7.70. The molecule has 11 heteroatoms. The predicted molar refractivity (Wildman–Crippen MR) is 108 cm³/mol. The minimum atomic E-state index is -4.61. The van der Waals surface area contributed by atoms with Gasteiger partial charge in [-0.3, -0.25) is 9.48 Å². The van der Waals surface area contributed by atoms with Gasteiger partial charge in [-0.2, -0.15) is 23.3 Å². The second kappa shape index (κ2) is 8.29. The molecule has 0 saturated heterocycles. The molecular weight excluding hydrogens is 427 g/mol. The van der Waals surface area contributed by atoms with Crippen molar-refractivity contribution in [2.24, 2.45) is 7.05 Å². The molecule has 1 saturated carbocycles.